The maximum absolute atomic E-state index is 11.9. The minimum atomic E-state index is -0.379. The van der Waals surface area contributed by atoms with Gasteiger partial charge in [-0.2, -0.15) is 0 Å². The molecule has 1 aliphatic rings. The molecule has 122 valence electrons. The monoisotopic (exact) mass is 309 g/mol. The number of hydrogen-bond donors (Lipinski definition) is 1. The van der Waals surface area contributed by atoms with E-state index in [9.17, 15) is 9.59 Å². The second-order valence-corrected chi connectivity index (χ2v) is 5.31. The van der Waals surface area contributed by atoms with Gasteiger partial charge in [-0.3, -0.25) is 9.59 Å². The molecule has 8 heteroatoms. The first kappa shape index (κ1) is 16.4. The summed E-state index contributed by atoms with van der Waals surface area (Å²) in [7, 11) is 0. The summed E-state index contributed by atoms with van der Waals surface area (Å²) in [5.74, 6) is -0.114. The number of amides is 1. The third-order valence-electron chi connectivity index (χ3n) is 3.51. The van der Waals surface area contributed by atoms with Crippen LogP contribution in [0.5, 0.6) is 0 Å². The van der Waals surface area contributed by atoms with Gasteiger partial charge in [-0.25, -0.2) is 4.68 Å². The Morgan fingerprint density at radius 3 is 2.82 bits per heavy atom. The summed E-state index contributed by atoms with van der Waals surface area (Å²) in [5, 5.41) is 10.3. The second-order valence-electron chi connectivity index (χ2n) is 5.31. The average molecular weight is 309 g/mol. The highest BCUT2D eigenvalue weighted by Crippen LogP contribution is 2.09. The number of esters is 1. The first-order valence-corrected chi connectivity index (χ1v) is 7.75. The molecule has 0 bridgehead atoms. The van der Waals surface area contributed by atoms with Crippen molar-refractivity contribution in [1.29, 1.82) is 0 Å². The summed E-state index contributed by atoms with van der Waals surface area (Å²) in [6, 6.07) is 0. The highest BCUT2D eigenvalue weighted by atomic mass is 16.5. The number of carbonyl (C=O) groups excluding carboxylic acids is 2. The Morgan fingerprint density at radius 1 is 1.32 bits per heavy atom. The summed E-state index contributed by atoms with van der Waals surface area (Å²) < 4.78 is 6.17. The van der Waals surface area contributed by atoms with Crippen LogP contribution in [0.15, 0.2) is 6.20 Å². The van der Waals surface area contributed by atoms with Crippen molar-refractivity contribution in [3.05, 3.63) is 6.20 Å². The molecule has 0 aliphatic carbocycles. The molecule has 0 saturated carbocycles. The summed E-state index contributed by atoms with van der Waals surface area (Å²) in [5.41, 5.74) is 0. The van der Waals surface area contributed by atoms with Crippen LogP contribution < -0.4 is 5.32 Å². The number of ether oxygens (including phenoxy) is 1. The SMILES string of the molecule is CCOC(=O)Cn1cc(NC(=O)CCN2CCCCC2)nn1. The normalized spacial score (nSPS) is 15.5. The van der Waals surface area contributed by atoms with Gasteiger partial charge >= 0.3 is 5.97 Å². The van der Waals surface area contributed by atoms with Gasteiger partial charge in [0, 0.05) is 13.0 Å². The third kappa shape index (κ3) is 5.44. The number of nitrogens with one attached hydrogen (secondary N) is 1. The molecule has 2 heterocycles. The summed E-state index contributed by atoms with van der Waals surface area (Å²) >= 11 is 0. The van der Waals surface area contributed by atoms with Crippen LogP contribution in [0.1, 0.15) is 32.6 Å². The molecule has 1 aliphatic heterocycles. The molecule has 22 heavy (non-hydrogen) atoms. The van der Waals surface area contributed by atoms with Crippen LogP contribution in [0.2, 0.25) is 0 Å². The Bertz CT molecular complexity index is 496. The summed E-state index contributed by atoms with van der Waals surface area (Å²) in [6.07, 6.45) is 5.67. The standard InChI is InChI=1S/C14H23N5O3/c1-2-22-14(21)11-19-10-12(16-17-19)15-13(20)6-9-18-7-4-3-5-8-18/h10H,2-9,11H2,1H3,(H,15,20). The van der Waals surface area contributed by atoms with Crippen LogP contribution in [-0.2, 0) is 20.9 Å². The molecule has 1 aromatic rings. The van der Waals surface area contributed by atoms with Crippen molar-refractivity contribution in [2.75, 3.05) is 31.6 Å². The van der Waals surface area contributed by atoms with E-state index in [1.54, 1.807) is 6.92 Å². The number of hydrogen-bond acceptors (Lipinski definition) is 6. The molecular formula is C14H23N5O3. The predicted molar refractivity (Wildman–Crippen MR) is 80.2 cm³/mol. The van der Waals surface area contributed by atoms with E-state index >= 15 is 0 Å². The van der Waals surface area contributed by atoms with Gasteiger partial charge in [0.25, 0.3) is 0 Å². The molecule has 0 spiro atoms. The molecule has 1 fully saturated rings. The lowest BCUT2D eigenvalue weighted by Crippen LogP contribution is -2.32. The van der Waals surface area contributed by atoms with Crippen molar-refractivity contribution in [2.24, 2.45) is 0 Å². The highest BCUT2D eigenvalue weighted by molar-refractivity contribution is 5.89. The Kier molecular flexibility index (Phi) is 6.32. The zero-order chi connectivity index (χ0) is 15.8. The van der Waals surface area contributed by atoms with E-state index in [0.29, 0.717) is 18.8 Å². The fourth-order valence-corrected chi connectivity index (χ4v) is 2.42. The van der Waals surface area contributed by atoms with Gasteiger partial charge in [0.1, 0.15) is 6.54 Å². The zero-order valence-corrected chi connectivity index (χ0v) is 13.0. The quantitative estimate of drug-likeness (QED) is 0.744. The fourth-order valence-electron chi connectivity index (χ4n) is 2.42. The molecule has 2 rings (SSSR count). The molecule has 0 atom stereocenters. The van der Waals surface area contributed by atoms with Crippen molar-refractivity contribution in [1.82, 2.24) is 19.9 Å². The molecule has 0 aromatic carbocycles. The smallest absolute Gasteiger partial charge is 0.327 e. The Balaban J connectivity index is 1.72. The van der Waals surface area contributed by atoms with Crippen molar-refractivity contribution in [2.45, 2.75) is 39.2 Å². The number of carbonyl (C=O) groups is 2. The Labute approximate surface area is 129 Å². The molecule has 0 radical (unpaired) electrons. The van der Waals surface area contributed by atoms with E-state index in [2.05, 4.69) is 20.5 Å². The molecule has 1 saturated heterocycles. The van der Waals surface area contributed by atoms with Gasteiger partial charge in [-0.1, -0.05) is 11.6 Å². The maximum atomic E-state index is 11.9. The van der Waals surface area contributed by atoms with E-state index in [1.165, 1.54) is 30.1 Å². The Morgan fingerprint density at radius 2 is 2.09 bits per heavy atom. The van der Waals surface area contributed by atoms with Crippen LogP contribution in [0.3, 0.4) is 0 Å². The van der Waals surface area contributed by atoms with Crippen molar-refractivity contribution >= 4 is 17.7 Å². The number of likely N-dealkylation sites (tertiary alicyclic amines) is 1. The molecule has 1 N–H and O–H groups in total. The lowest BCUT2D eigenvalue weighted by molar-refractivity contribution is -0.144. The average Bonchev–Trinajstić information content (AvgIpc) is 2.93. The van der Waals surface area contributed by atoms with E-state index in [-0.39, 0.29) is 18.4 Å². The van der Waals surface area contributed by atoms with Crippen molar-refractivity contribution in [3.8, 4) is 0 Å². The molecule has 8 nitrogen and oxygen atoms in total. The maximum Gasteiger partial charge on any atom is 0.327 e. The van der Waals surface area contributed by atoms with Crippen molar-refractivity contribution in [3.63, 3.8) is 0 Å². The fraction of sp³-hybridized carbons (Fsp3) is 0.714. The van der Waals surface area contributed by atoms with Crippen LogP contribution in [0, 0.1) is 0 Å². The van der Waals surface area contributed by atoms with Gasteiger partial charge < -0.3 is 15.0 Å². The van der Waals surface area contributed by atoms with Gasteiger partial charge in [0.15, 0.2) is 5.82 Å². The summed E-state index contributed by atoms with van der Waals surface area (Å²) in [6.45, 7) is 4.97. The Hall–Kier alpha value is -1.96. The first-order chi connectivity index (χ1) is 10.7. The number of nitrogens with zero attached hydrogens (tertiary/aromatic N) is 4. The van der Waals surface area contributed by atoms with Gasteiger partial charge in [0.2, 0.25) is 5.91 Å². The van der Waals surface area contributed by atoms with E-state index in [4.69, 9.17) is 4.74 Å². The van der Waals surface area contributed by atoms with Crippen molar-refractivity contribution < 1.29 is 14.3 Å². The number of rotatable bonds is 7. The van der Waals surface area contributed by atoms with Crippen LogP contribution in [0.25, 0.3) is 0 Å². The van der Waals surface area contributed by atoms with Crippen LogP contribution in [0.4, 0.5) is 5.82 Å². The van der Waals surface area contributed by atoms with Gasteiger partial charge in [0.05, 0.1) is 12.8 Å². The van der Waals surface area contributed by atoms with E-state index < -0.39 is 0 Å². The topological polar surface area (TPSA) is 89.4 Å². The minimum Gasteiger partial charge on any atom is -0.465 e. The number of aromatic nitrogens is 3. The highest BCUT2D eigenvalue weighted by Gasteiger charge is 2.13. The van der Waals surface area contributed by atoms with E-state index in [1.807, 2.05) is 0 Å². The first-order valence-electron chi connectivity index (χ1n) is 7.75. The van der Waals surface area contributed by atoms with Crippen LogP contribution in [-0.4, -0.2) is 58.0 Å². The van der Waals surface area contributed by atoms with Gasteiger partial charge in [-0.05, 0) is 32.9 Å². The zero-order valence-electron chi connectivity index (χ0n) is 13.0. The molecule has 0 unspecified atom stereocenters. The predicted octanol–water partition coefficient (Wildman–Crippen LogP) is 0.656. The summed E-state index contributed by atoms with van der Waals surface area (Å²) in [4.78, 5) is 25.5. The molecule has 1 amide bonds. The largest absolute Gasteiger partial charge is 0.465 e. The number of piperidine rings is 1. The molecule has 1 aromatic heterocycles. The van der Waals surface area contributed by atoms with Crippen LogP contribution >= 0.6 is 0 Å². The lowest BCUT2D eigenvalue weighted by atomic mass is 10.1. The third-order valence-corrected chi connectivity index (χ3v) is 3.51. The second kappa shape index (κ2) is 8.47. The van der Waals surface area contributed by atoms with E-state index in [0.717, 1.165) is 19.6 Å². The molecular weight excluding hydrogens is 286 g/mol. The van der Waals surface area contributed by atoms with Gasteiger partial charge in [-0.15, -0.1) is 5.10 Å². The minimum absolute atomic E-state index is 0.00944. The lowest BCUT2D eigenvalue weighted by Gasteiger charge is -2.25. The number of anilines is 1.